The molecule has 1 aromatic carbocycles. The van der Waals surface area contributed by atoms with Crippen LogP contribution in [-0.2, 0) is 14.3 Å². The summed E-state index contributed by atoms with van der Waals surface area (Å²) in [5.41, 5.74) is 0. The first-order chi connectivity index (χ1) is 9.56. The maximum Gasteiger partial charge on any atom is 0.325 e. The van der Waals surface area contributed by atoms with Gasteiger partial charge in [-0.3, -0.25) is 9.59 Å². The number of carbonyl (C=O) groups excluding carboxylic acids is 2. The Kier molecular flexibility index (Phi) is 7.08. The topological polar surface area (TPSA) is 55.8 Å². The number of benzene rings is 1. The van der Waals surface area contributed by atoms with Gasteiger partial charge < -0.3 is 14.4 Å². The van der Waals surface area contributed by atoms with Gasteiger partial charge in [-0.2, -0.15) is 0 Å². The third-order valence-corrected chi connectivity index (χ3v) is 3.05. The quantitative estimate of drug-likeness (QED) is 0.712. The van der Waals surface area contributed by atoms with E-state index in [9.17, 15) is 9.59 Å². The molecular formula is C14H18BrNO4. The third-order valence-electron chi connectivity index (χ3n) is 2.55. The summed E-state index contributed by atoms with van der Waals surface area (Å²) in [5, 5.41) is 0. The summed E-state index contributed by atoms with van der Waals surface area (Å²) >= 11 is 3.33. The summed E-state index contributed by atoms with van der Waals surface area (Å²) in [4.78, 5) is 24.7. The minimum atomic E-state index is -0.436. The highest BCUT2D eigenvalue weighted by atomic mass is 79.9. The number of hydrogen-bond acceptors (Lipinski definition) is 4. The molecule has 1 amide bonds. The van der Waals surface area contributed by atoms with E-state index in [4.69, 9.17) is 4.74 Å². The number of carbonyl (C=O) groups is 2. The van der Waals surface area contributed by atoms with Crippen molar-refractivity contribution in [3.63, 3.8) is 0 Å². The van der Waals surface area contributed by atoms with Gasteiger partial charge in [0, 0.05) is 11.0 Å². The van der Waals surface area contributed by atoms with Crippen molar-refractivity contribution >= 4 is 27.8 Å². The highest BCUT2D eigenvalue weighted by Crippen LogP contribution is 2.17. The molecule has 0 atom stereocenters. The van der Waals surface area contributed by atoms with Crippen molar-refractivity contribution in [3.05, 3.63) is 28.7 Å². The largest absolute Gasteiger partial charge is 0.484 e. The lowest BCUT2D eigenvalue weighted by Crippen LogP contribution is -2.39. The van der Waals surface area contributed by atoms with Gasteiger partial charge >= 0.3 is 5.97 Å². The number of methoxy groups -OCH3 is 1. The van der Waals surface area contributed by atoms with Crippen molar-refractivity contribution in [2.45, 2.75) is 13.3 Å². The highest BCUT2D eigenvalue weighted by Gasteiger charge is 2.17. The normalized spacial score (nSPS) is 9.95. The van der Waals surface area contributed by atoms with Crippen LogP contribution < -0.4 is 4.74 Å². The number of hydrogen-bond donors (Lipinski definition) is 0. The Balaban J connectivity index is 2.55. The van der Waals surface area contributed by atoms with Crippen molar-refractivity contribution in [2.75, 3.05) is 26.8 Å². The Morgan fingerprint density at radius 2 is 2.10 bits per heavy atom. The second kappa shape index (κ2) is 8.58. The first-order valence-electron chi connectivity index (χ1n) is 6.29. The molecule has 0 aliphatic carbocycles. The molecule has 0 spiro atoms. The van der Waals surface area contributed by atoms with Gasteiger partial charge in [-0.05, 0) is 24.6 Å². The van der Waals surface area contributed by atoms with E-state index in [1.54, 1.807) is 12.1 Å². The monoisotopic (exact) mass is 343 g/mol. The van der Waals surface area contributed by atoms with Gasteiger partial charge in [-0.1, -0.05) is 28.9 Å². The van der Waals surface area contributed by atoms with Crippen molar-refractivity contribution in [3.8, 4) is 5.75 Å². The maximum atomic E-state index is 12.0. The fourth-order valence-corrected chi connectivity index (χ4v) is 1.95. The van der Waals surface area contributed by atoms with Crippen molar-refractivity contribution in [1.82, 2.24) is 4.90 Å². The summed E-state index contributed by atoms with van der Waals surface area (Å²) in [5.74, 6) is -0.0753. The molecular weight excluding hydrogens is 326 g/mol. The van der Waals surface area contributed by atoms with Crippen LogP contribution in [0.1, 0.15) is 13.3 Å². The van der Waals surface area contributed by atoms with Crippen LogP contribution >= 0.6 is 15.9 Å². The standard InChI is InChI=1S/C14H18BrNO4/c1-3-7-16(9-14(18)19-2)13(17)10-20-12-6-4-5-11(15)8-12/h4-6,8H,3,7,9-10H2,1-2H3. The van der Waals surface area contributed by atoms with Gasteiger partial charge in [0.1, 0.15) is 12.3 Å². The first-order valence-corrected chi connectivity index (χ1v) is 7.09. The summed E-state index contributed by atoms with van der Waals surface area (Å²) in [6.45, 7) is 2.28. The Bertz CT molecular complexity index is 464. The fourth-order valence-electron chi connectivity index (χ4n) is 1.58. The Morgan fingerprint density at radius 1 is 1.35 bits per heavy atom. The minimum absolute atomic E-state index is 0.0506. The van der Waals surface area contributed by atoms with Crippen LogP contribution in [0.25, 0.3) is 0 Å². The average molecular weight is 344 g/mol. The van der Waals surface area contributed by atoms with Crippen molar-refractivity contribution < 1.29 is 19.1 Å². The highest BCUT2D eigenvalue weighted by molar-refractivity contribution is 9.10. The summed E-state index contributed by atoms with van der Waals surface area (Å²) in [6, 6.07) is 7.23. The number of ether oxygens (including phenoxy) is 2. The number of esters is 1. The van der Waals surface area contributed by atoms with Crippen LogP contribution in [0.3, 0.4) is 0 Å². The first kappa shape index (κ1) is 16.5. The Hall–Kier alpha value is -1.56. The Morgan fingerprint density at radius 3 is 2.70 bits per heavy atom. The second-order valence-corrected chi connectivity index (χ2v) is 5.05. The van der Waals surface area contributed by atoms with Gasteiger partial charge in [-0.15, -0.1) is 0 Å². The summed E-state index contributed by atoms with van der Waals surface area (Å²) in [6.07, 6.45) is 0.764. The molecule has 1 rings (SSSR count). The molecule has 20 heavy (non-hydrogen) atoms. The lowest BCUT2D eigenvalue weighted by atomic mass is 10.3. The average Bonchev–Trinajstić information content (AvgIpc) is 2.44. The van der Waals surface area contributed by atoms with E-state index >= 15 is 0 Å². The molecule has 0 radical (unpaired) electrons. The molecule has 0 saturated carbocycles. The molecule has 0 aliphatic heterocycles. The molecule has 1 aromatic rings. The molecule has 0 N–H and O–H groups in total. The van der Waals surface area contributed by atoms with Crippen LogP contribution in [0.15, 0.2) is 28.7 Å². The van der Waals surface area contributed by atoms with E-state index in [-0.39, 0.29) is 19.1 Å². The third kappa shape index (κ3) is 5.61. The predicted octanol–water partition coefficient (Wildman–Crippen LogP) is 2.24. The SMILES string of the molecule is CCCN(CC(=O)OC)C(=O)COc1cccc(Br)c1. The van der Waals surface area contributed by atoms with Crippen LogP contribution in [-0.4, -0.2) is 43.6 Å². The predicted molar refractivity (Wildman–Crippen MR) is 78.5 cm³/mol. The Labute approximate surface area is 127 Å². The second-order valence-electron chi connectivity index (χ2n) is 4.14. The molecule has 0 fully saturated rings. The van der Waals surface area contributed by atoms with Crippen LogP contribution in [0, 0.1) is 0 Å². The van der Waals surface area contributed by atoms with Crippen molar-refractivity contribution in [1.29, 1.82) is 0 Å². The smallest absolute Gasteiger partial charge is 0.325 e. The van der Waals surface area contributed by atoms with Gasteiger partial charge in [0.2, 0.25) is 0 Å². The lowest BCUT2D eigenvalue weighted by Gasteiger charge is -2.20. The molecule has 0 heterocycles. The number of halogens is 1. The van der Waals surface area contributed by atoms with E-state index < -0.39 is 5.97 Å². The molecule has 6 heteroatoms. The number of rotatable bonds is 7. The van der Waals surface area contributed by atoms with E-state index in [0.717, 1.165) is 10.9 Å². The zero-order valence-electron chi connectivity index (χ0n) is 11.6. The van der Waals surface area contributed by atoms with E-state index in [0.29, 0.717) is 12.3 Å². The molecule has 0 aromatic heterocycles. The van der Waals surface area contributed by atoms with Crippen LogP contribution in [0.2, 0.25) is 0 Å². The molecule has 0 unspecified atom stereocenters. The number of amides is 1. The van der Waals surface area contributed by atoms with E-state index in [2.05, 4.69) is 20.7 Å². The van der Waals surface area contributed by atoms with Crippen LogP contribution in [0.4, 0.5) is 0 Å². The molecule has 0 aliphatic rings. The molecule has 0 bridgehead atoms. The zero-order chi connectivity index (χ0) is 15.0. The molecule has 5 nitrogen and oxygen atoms in total. The molecule has 110 valence electrons. The lowest BCUT2D eigenvalue weighted by molar-refractivity contribution is -0.147. The van der Waals surface area contributed by atoms with E-state index in [1.165, 1.54) is 12.0 Å². The summed E-state index contributed by atoms with van der Waals surface area (Å²) in [7, 11) is 1.30. The summed E-state index contributed by atoms with van der Waals surface area (Å²) < 4.78 is 10.9. The van der Waals surface area contributed by atoms with Gasteiger partial charge in [0.25, 0.3) is 5.91 Å². The van der Waals surface area contributed by atoms with E-state index in [1.807, 2.05) is 19.1 Å². The van der Waals surface area contributed by atoms with Crippen LogP contribution in [0.5, 0.6) is 5.75 Å². The number of nitrogens with zero attached hydrogens (tertiary/aromatic N) is 1. The van der Waals surface area contributed by atoms with Gasteiger partial charge in [0.05, 0.1) is 7.11 Å². The van der Waals surface area contributed by atoms with Crippen molar-refractivity contribution in [2.24, 2.45) is 0 Å². The molecule has 0 saturated heterocycles. The fraction of sp³-hybridized carbons (Fsp3) is 0.429. The zero-order valence-corrected chi connectivity index (χ0v) is 13.2. The minimum Gasteiger partial charge on any atom is -0.484 e. The van der Waals surface area contributed by atoms with Gasteiger partial charge in [-0.25, -0.2) is 0 Å². The maximum absolute atomic E-state index is 12.0. The van der Waals surface area contributed by atoms with Gasteiger partial charge in [0.15, 0.2) is 6.61 Å².